The zero-order valence-corrected chi connectivity index (χ0v) is 12.0. The van der Waals surface area contributed by atoms with Crippen LogP contribution in [0.5, 0.6) is 0 Å². The highest BCUT2D eigenvalue weighted by molar-refractivity contribution is 6.39. The molecule has 0 saturated carbocycles. The van der Waals surface area contributed by atoms with Gasteiger partial charge in [0.2, 0.25) is 0 Å². The second-order valence-electron chi connectivity index (χ2n) is 4.33. The molecule has 100 valence electrons. The molecule has 20 heavy (non-hydrogen) atoms. The lowest BCUT2D eigenvalue weighted by atomic mass is 10.2. The summed E-state index contributed by atoms with van der Waals surface area (Å²) in [5.74, 6) is 0.828. The van der Waals surface area contributed by atoms with Crippen LogP contribution in [0.2, 0.25) is 10.0 Å². The third kappa shape index (κ3) is 2.69. The minimum atomic E-state index is 0.591. The fourth-order valence-electron chi connectivity index (χ4n) is 2.00. The third-order valence-corrected chi connectivity index (χ3v) is 3.55. The predicted molar refractivity (Wildman–Crippen MR) is 81.1 cm³/mol. The van der Waals surface area contributed by atoms with E-state index in [9.17, 15) is 0 Å². The number of halogens is 2. The molecular weight excluding hydrogens is 293 g/mol. The molecule has 1 N–H and O–H groups in total. The van der Waals surface area contributed by atoms with Crippen molar-refractivity contribution in [1.82, 2.24) is 15.0 Å². The van der Waals surface area contributed by atoms with Gasteiger partial charge in [-0.1, -0.05) is 35.3 Å². The van der Waals surface area contributed by atoms with Crippen LogP contribution in [0.1, 0.15) is 11.5 Å². The molecule has 0 aliphatic rings. The minimum Gasteiger partial charge on any atom is -0.348 e. The number of hydrogen-bond donors (Lipinski definition) is 1. The molecule has 0 saturated heterocycles. The van der Waals surface area contributed by atoms with Crippen molar-refractivity contribution in [1.29, 1.82) is 0 Å². The molecule has 0 aliphatic heterocycles. The Morgan fingerprint density at radius 3 is 2.50 bits per heavy atom. The molecule has 1 aromatic carbocycles. The molecule has 0 atom stereocenters. The summed E-state index contributed by atoms with van der Waals surface area (Å²) in [6, 6.07) is 11.2. The van der Waals surface area contributed by atoms with Gasteiger partial charge in [-0.2, -0.15) is 0 Å². The highest BCUT2D eigenvalue weighted by Crippen LogP contribution is 2.33. The van der Waals surface area contributed by atoms with Crippen molar-refractivity contribution in [2.75, 3.05) is 0 Å². The van der Waals surface area contributed by atoms with Gasteiger partial charge in [0.25, 0.3) is 0 Å². The zero-order valence-electron chi connectivity index (χ0n) is 10.5. The smallest absolute Gasteiger partial charge is 0.112 e. The first-order valence-electron chi connectivity index (χ1n) is 6.12. The summed E-state index contributed by atoms with van der Waals surface area (Å²) in [5, 5.41) is 1.18. The normalized spacial score (nSPS) is 10.7. The second kappa shape index (κ2) is 5.65. The van der Waals surface area contributed by atoms with E-state index < -0.39 is 0 Å². The van der Waals surface area contributed by atoms with Gasteiger partial charge in [-0.05, 0) is 24.3 Å². The monoisotopic (exact) mass is 303 g/mol. The summed E-state index contributed by atoms with van der Waals surface area (Å²) in [4.78, 5) is 12.0. The molecule has 0 aliphatic carbocycles. The third-order valence-electron chi connectivity index (χ3n) is 2.92. The van der Waals surface area contributed by atoms with Gasteiger partial charge < -0.3 is 4.98 Å². The molecule has 0 amide bonds. The Bertz CT molecular complexity index is 703. The van der Waals surface area contributed by atoms with E-state index in [1.807, 2.05) is 30.5 Å². The van der Waals surface area contributed by atoms with E-state index in [2.05, 4.69) is 15.0 Å². The van der Waals surface area contributed by atoms with E-state index in [1.165, 1.54) is 0 Å². The van der Waals surface area contributed by atoms with Gasteiger partial charge in [-0.25, -0.2) is 4.98 Å². The van der Waals surface area contributed by atoms with Crippen molar-refractivity contribution in [2.45, 2.75) is 6.42 Å². The van der Waals surface area contributed by atoms with Crippen molar-refractivity contribution in [3.63, 3.8) is 0 Å². The molecule has 0 spiro atoms. The SMILES string of the molecule is Clc1cccc(Cl)c1-c1c[nH]c(Cc2ccccn2)n1. The predicted octanol–water partition coefficient (Wildman–Crippen LogP) is 4.37. The van der Waals surface area contributed by atoms with E-state index in [0.29, 0.717) is 16.5 Å². The maximum Gasteiger partial charge on any atom is 0.112 e. The quantitative estimate of drug-likeness (QED) is 0.780. The van der Waals surface area contributed by atoms with Gasteiger partial charge in [0.1, 0.15) is 5.82 Å². The van der Waals surface area contributed by atoms with Crippen molar-refractivity contribution in [3.05, 3.63) is 70.4 Å². The first-order chi connectivity index (χ1) is 9.74. The fourth-order valence-corrected chi connectivity index (χ4v) is 2.59. The van der Waals surface area contributed by atoms with Crippen molar-refractivity contribution in [2.24, 2.45) is 0 Å². The van der Waals surface area contributed by atoms with Gasteiger partial charge in [0.15, 0.2) is 0 Å². The molecule has 0 bridgehead atoms. The Labute approximate surface area is 126 Å². The van der Waals surface area contributed by atoms with E-state index in [-0.39, 0.29) is 0 Å². The average molecular weight is 304 g/mol. The van der Waals surface area contributed by atoms with Crippen molar-refractivity contribution in [3.8, 4) is 11.3 Å². The Morgan fingerprint density at radius 1 is 1.00 bits per heavy atom. The van der Waals surface area contributed by atoms with E-state index in [4.69, 9.17) is 23.2 Å². The summed E-state index contributed by atoms with van der Waals surface area (Å²) in [6.07, 6.45) is 4.22. The van der Waals surface area contributed by atoms with Crippen LogP contribution in [-0.4, -0.2) is 15.0 Å². The van der Waals surface area contributed by atoms with Crippen LogP contribution in [-0.2, 0) is 6.42 Å². The first kappa shape index (κ1) is 13.2. The first-order valence-corrected chi connectivity index (χ1v) is 6.88. The Balaban J connectivity index is 1.91. The van der Waals surface area contributed by atoms with Crippen molar-refractivity contribution < 1.29 is 0 Å². The lowest BCUT2D eigenvalue weighted by Crippen LogP contribution is -1.93. The maximum atomic E-state index is 6.18. The number of hydrogen-bond acceptors (Lipinski definition) is 2. The standard InChI is InChI=1S/C15H11Cl2N3/c16-11-5-3-6-12(17)15(11)13-9-19-14(20-13)8-10-4-1-2-7-18-10/h1-7,9H,8H2,(H,19,20). The average Bonchev–Trinajstić information content (AvgIpc) is 2.88. The number of rotatable bonds is 3. The van der Waals surface area contributed by atoms with Crippen LogP contribution in [0.15, 0.2) is 48.8 Å². The van der Waals surface area contributed by atoms with Gasteiger partial charge in [0, 0.05) is 30.1 Å². The van der Waals surface area contributed by atoms with Crippen LogP contribution in [0.25, 0.3) is 11.3 Å². The Kier molecular flexibility index (Phi) is 3.72. The van der Waals surface area contributed by atoms with Crippen LogP contribution in [0, 0.1) is 0 Å². The lowest BCUT2D eigenvalue weighted by molar-refractivity contribution is 0.977. The number of nitrogens with one attached hydrogen (secondary N) is 1. The maximum absolute atomic E-state index is 6.18. The second-order valence-corrected chi connectivity index (χ2v) is 5.14. The van der Waals surface area contributed by atoms with Gasteiger partial charge in [-0.3, -0.25) is 4.98 Å². The molecular formula is C15H11Cl2N3. The number of pyridine rings is 1. The van der Waals surface area contributed by atoms with Crippen LogP contribution < -0.4 is 0 Å². The van der Waals surface area contributed by atoms with Crippen LogP contribution in [0.4, 0.5) is 0 Å². The lowest BCUT2D eigenvalue weighted by Gasteiger charge is -2.02. The summed E-state index contributed by atoms with van der Waals surface area (Å²) < 4.78 is 0. The van der Waals surface area contributed by atoms with Crippen LogP contribution >= 0.6 is 23.2 Å². The zero-order chi connectivity index (χ0) is 13.9. The highest BCUT2D eigenvalue weighted by Gasteiger charge is 2.12. The highest BCUT2D eigenvalue weighted by atomic mass is 35.5. The Morgan fingerprint density at radius 2 is 1.80 bits per heavy atom. The van der Waals surface area contributed by atoms with E-state index in [0.717, 1.165) is 22.8 Å². The largest absolute Gasteiger partial charge is 0.348 e. The molecule has 3 rings (SSSR count). The summed E-state index contributed by atoms with van der Waals surface area (Å²) in [6.45, 7) is 0. The summed E-state index contributed by atoms with van der Waals surface area (Å²) in [7, 11) is 0. The molecule has 2 aromatic heterocycles. The molecule has 2 heterocycles. The van der Waals surface area contributed by atoms with Crippen molar-refractivity contribution >= 4 is 23.2 Å². The fraction of sp³-hybridized carbons (Fsp3) is 0.0667. The minimum absolute atomic E-state index is 0.591. The van der Waals surface area contributed by atoms with E-state index in [1.54, 1.807) is 18.3 Å². The van der Waals surface area contributed by atoms with E-state index >= 15 is 0 Å². The van der Waals surface area contributed by atoms with Crippen LogP contribution in [0.3, 0.4) is 0 Å². The molecule has 0 radical (unpaired) electrons. The number of nitrogens with zero attached hydrogens (tertiary/aromatic N) is 2. The summed E-state index contributed by atoms with van der Waals surface area (Å²) >= 11 is 12.4. The summed E-state index contributed by atoms with van der Waals surface area (Å²) in [5.41, 5.74) is 2.45. The number of imidazole rings is 1. The molecule has 0 fully saturated rings. The number of benzene rings is 1. The number of aromatic amines is 1. The molecule has 0 unspecified atom stereocenters. The topological polar surface area (TPSA) is 41.6 Å². The van der Waals surface area contributed by atoms with Gasteiger partial charge in [-0.15, -0.1) is 0 Å². The molecule has 3 aromatic rings. The number of aromatic nitrogens is 3. The van der Waals surface area contributed by atoms with Gasteiger partial charge in [0.05, 0.1) is 15.7 Å². The number of H-pyrrole nitrogens is 1. The Hall–Kier alpha value is -1.84. The molecule has 5 heteroatoms. The molecule has 3 nitrogen and oxygen atoms in total. The van der Waals surface area contributed by atoms with Gasteiger partial charge >= 0.3 is 0 Å².